The third-order valence-electron chi connectivity index (χ3n) is 2.10. The second kappa shape index (κ2) is 6.17. The Kier molecular flexibility index (Phi) is 4.85. The maximum absolute atomic E-state index is 5.85. The normalized spacial score (nSPS) is 10.9. The molecule has 5 heteroatoms. The van der Waals surface area contributed by atoms with Crippen molar-refractivity contribution in [3.05, 3.63) is 42.1 Å². The highest BCUT2D eigenvalue weighted by Gasteiger charge is 1.99. The Morgan fingerprint density at radius 2 is 2.19 bits per heavy atom. The molecule has 0 bridgehead atoms. The van der Waals surface area contributed by atoms with Gasteiger partial charge in [-0.05, 0) is 40.5 Å². The van der Waals surface area contributed by atoms with Crippen LogP contribution >= 0.6 is 50.2 Å². The van der Waals surface area contributed by atoms with E-state index in [4.69, 9.17) is 11.6 Å². The second-order valence-corrected chi connectivity index (χ2v) is 7.34. The number of hydrogen-bond acceptors (Lipinski definition) is 3. The van der Waals surface area contributed by atoms with E-state index in [0.29, 0.717) is 0 Å². The predicted molar refractivity (Wildman–Crippen MR) is 76.8 cm³/mol. The molecule has 0 radical (unpaired) electrons. The van der Waals surface area contributed by atoms with Crippen LogP contribution in [0.4, 0.5) is 0 Å². The number of hydrogen-bond donors (Lipinski definition) is 1. The lowest BCUT2D eigenvalue weighted by atomic mass is 10.3. The van der Waals surface area contributed by atoms with Crippen LogP contribution in [0, 0.1) is 0 Å². The quantitative estimate of drug-likeness (QED) is 0.789. The largest absolute Gasteiger partial charge is 0.311 e. The van der Waals surface area contributed by atoms with Gasteiger partial charge in [0.15, 0.2) is 0 Å². The van der Waals surface area contributed by atoms with E-state index in [2.05, 4.69) is 33.4 Å². The standard InChI is InChI=1S/C11H11BrClNS2/c12-11-2-1-9(16-11)3-4-14-6-10-5-8(13)7-15-10/h1-2,5,7,14H,3-4,6H2. The summed E-state index contributed by atoms with van der Waals surface area (Å²) in [5, 5.41) is 6.22. The molecule has 0 spiro atoms. The zero-order valence-electron chi connectivity index (χ0n) is 8.50. The highest BCUT2D eigenvalue weighted by molar-refractivity contribution is 9.11. The van der Waals surface area contributed by atoms with E-state index < -0.39 is 0 Å². The van der Waals surface area contributed by atoms with Gasteiger partial charge in [0.2, 0.25) is 0 Å². The van der Waals surface area contributed by atoms with E-state index in [0.717, 1.165) is 24.5 Å². The molecule has 0 amide bonds. The number of rotatable bonds is 5. The summed E-state index contributed by atoms with van der Waals surface area (Å²) in [6, 6.07) is 6.28. The first kappa shape index (κ1) is 12.6. The van der Waals surface area contributed by atoms with Crippen molar-refractivity contribution >= 4 is 50.2 Å². The van der Waals surface area contributed by atoms with Gasteiger partial charge in [-0.15, -0.1) is 22.7 Å². The molecule has 1 nitrogen and oxygen atoms in total. The monoisotopic (exact) mass is 335 g/mol. The van der Waals surface area contributed by atoms with E-state index in [1.165, 1.54) is 13.5 Å². The van der Waals surface area contributed by atoms with Crippen molar-refractivity contribution in [3.63, 3.8) is 0 Å². The van der Waals surface area contributed by atoms with Crippen LogP contribution in [0.5, 0.6) is 0 Å². The molecule has 86 valence electrons. The molecule has 0 aliphatic rings. The van der Waals surface area contributed by atoms with Crippen LogP contribution in [-0.4, -0.2) is 6.54 Å². The number of thiophene rings is 2. The van der Waals surface area contributed by atoms with E-state index in [1.807, 2.05) is 11.4 Å². The lowest BCUT2D eigenvalue weighted by Gasteiger charge is -2.00. The van der Waals surface area contributed by atoms with Crippen LogP contribution in [0.15, 0.2) is 27.4 Å². The Bertz CT molecular complexity index is 410. The van der Waals surface area contributed by atoms with E-state index in [1.54, 1.807) is 22.7 Å². The molecule has 0 aromatic carbocycles. The zero-order valence-corrected chi connectivity index (χ0v) is 12.5. The van der Waals surface area contributed by atoms with E-state index in [-0.39, 0.29) is 0 Å². The SMILES string of the molecule is Clc1csc(CNCCc2ccc(Br)s2)c1. The molecule has 2 rings (SSSR count). The molecule has 2 aromatic rings. The van der Waals surface area contributed by atoms with Crippen molar-refractivity contribution in [2.75, 3.05) is 6.54 Å². The lowest BCUT2D eigenvalue weighted by molar-refractivity contribution is 0.697. The minimum absolute atomic E-state index is 0.837. The molecule has 2 aromatic heterocycles. The lowest BCUT2D eigenvalue weighted by Crippen LogP contribution is -2.15. The van der Waals surface area contributed by atoms with Crippen molar-refractivity contribution in [1.29, 1.82) is 0 Å². The van der Waals surface area contributed by atoms with Gasteiger partial charge in [-0.1, -0.05) is 11.6 Å². The topological polar surface area (TPSA) is 12.0 Å². The summed E-state index contributed by atoms with van der Waals surface area (Å²) in [4.78, 5) is 2.70. The van der Waals surface area contributed by atoms with Crippen LogP contribution in [0.1, 0.15) is 9.75 Å². The molecule has 0 fully saturated rings. The van der Waals surface area contributed by atoms with Crippen LogP contribution in [-0.2, 0) is 13.0 Å². The highest BCUT2D eigenvalue weighted by atomic mass is 79.9. The molecule has 1 N–H and O–H groups in total. The summed E-state index contributed by atoms with van der Waals surface area (Å²) in [6.07, 6.45) is 1.08. The van der Waals surface area contributed by atoms with Crippen molar-refractivity contribution < 1.29 is 0 Å². The van der Waals surface area contributed by atoms with Gasteiger partial charge in [0.1, 0.15) is 0 Å². The van der Waals surface area contributed by atoms with Crippen LogP contribution in [0.3, 0.4) is 0 Å². The summed E-state index contributed by atoms with van der Waals surface area (Å²) < 4.78 is 1.20. The van der Waals surface area contributed by atoms with Crippen LogP contribution < -0.4 is 5.32 Å². The Morgan fingerprint density at radius 3 is 2.81 bits per heavy atom. The van der Waals surface area contributed by atoms with Gasteiger partial charge in [0.25, 0.3) is 0 Å². The number of nitrogens with one attached hydrogen (secondary N) is 1. The first-order valence-corrected chi connectivity index (χ1v) is 7.78. The maximum Gasteiger partial charge on any atom is 0.0701 e. The van der Waals surface area contributed by atoms with Gasteiger partial charge in [0.05, 0.1) is 8.81 Å². The first-order valence-electron chi connectivity index (χ1n) is 4.92. The van der Waals surface area contributed by atoms with Gasteiger partial charge in [0, 0.05) is 28.2 Å². The minimum atomic E-state index is 0.837. The Labute approximate surface area is 117 Å². The smallest absolute Gasteiger partial charge is 0.0701 e. The van der Waals surface area contributed by atoms with Gasteiger partial charge in [-0.25, -0.2) is 0 Å². The summed E-state index contributed by atoms with van der Waals surface area (Å²) in [6.45, 7) is 1.91. The van der Waals surface area contributed by atoms with Gasteiger partial charge >= 0.3 is 0 Å². The van der Waals surface area contributed by atoms with Gasteiger partial charge in [-0.3, -0.25) is 0 Å². The molecule has 0 aliphatic carbocycles. The maximum atomic E-state index is 5.85. The first-order chi connectivity index (χ1) is 7.74. The minimum Gasteiger partial charge on any atom is -0.311 e. The average molecular weight is 337 g/mol. The van der Waals surface area contributed by atoms with E-state index in [9.17, 15) is 0 Å². The van der Waals surface area contributed by atoms with Crippen molar-refractivity contribution in [2.24, 2.45) is 0 Å². The third-order valence-corrected chi connectivity index (χ3v) is 5.07. The van der Waals surface area contributed by atoms with Crippen molar-refractivity contribution in [2.45, 2.75) is 13.0 Å². The fraction of sp³-hybridized carbons (Fsp3) is 0.273. The summed E-state index contributed by atoms with van der Waals surface area (Å²) in [7, 11) is 0. The zero-order chi connectivity index (χ0) is 11.4. The molecule has 0 saturated carbocycles. The molecule has 0 saturated heterocycles. The second-order valence-electron chi connectivity index (χ2n) is 3.36. The van der Waals surface area contributed by atoms with Crippen LogP contribution in [0.2, 0.25) is 5.02 Å². The summed E-state index contributed by atoms with van der Waals surface area (Å²) in [5.74, 6) is 0. The highest BCUT2D eigenvalue weighted by Crippen LogP contribution is 2.22. The third kappa shape index (κ3) is 3.86. The summed E-state index contributed by atoms with van der Waals surface area (Å²) >= 11 is 12.8. The van der Waals surface area contributed by atoms with Crippen LogP contribution in [0.25, 0.3) is 0 Å². The molecule has 0 aliphatic heterocycles. The fourth-order valence-corrected chi connectivity index (χ4v) is 3.88. The number of halogens is 2. The molecule has 16 heavy (non-hydrogen) atoms. The Morgan fingerprint density at radius 1 is 1.31 bits per heavy atom. The molecular formula is C11H11BrClNS2. The fourth-order valence-electron chi connectivity index (χ4n) is 1.36. The Hall–Kier alpha value is 0.130. The molecule has 2 heterocycles. The molecular weight excluding hydrogens is 326 g/mol. The van der Waals surface area contributed by atoms with E-state index >= 15 is 0 Å². The Balaban J connectivity index is 1.69. The average Bonchev–Trinajstić information content (AvgIpc) is 2.83. The molecule has 0 unspecified atom stereocenters. The molecule has 0 atom stereocenters. The van der Waals surface area contributed by atoms with Crippen molar-refractivity contribution in [3.8, 4) is 0 Å². The van der Waals surface area contributed by atoms with Crippen molar-refractivity contribution in [1.82, 2.24) is 5.32 Å². The predicted octanol–water partition coefficient (Wildman–Crippen LogP) is 4.56. The summed E-state index contributed by atoms with van der Waals surface area (Å²) in [5.41, 5.74) is 0. The van der Waals surface area contributed by atoms with Gasteiger partial charge in [-0.2, -0.15) is 0 Å². The van der Waals surface area contributed by atoms with Gasteiger partial charge < -0.3 is 5.32 Å².